The van der Waals surface area contributed by atoms with Gasteiger partial charge in [-0.2, -0.15) is 0 Å². The lowest BCUT2D eigenvalue weighted by Crippen LogP contribution is -2.46. The second kappa shape index (κ2) is 10.2. The van der Waals surface area contributed by atoms with Crippen molar-refractivity contribution in [3.8, 4) is 0 Å². The number of rotatable bonds is 6. The van der Waals surface area contributed by atoms with Gasteiger partial charge in [-0.1, -0.05) is 60.3 Å². The minimum atomic E-state index is -0.577. The molecular weight excluding hydrogens is 425 g/mol. The molecule has 0 radical (unpaired) electrons. The van der Waals surface area contributed by atoms with E-state index in [9.17, 15) is 14.0 Å². The first-order valence-corrected chi connectivity index (χ1v) is 11.2. The average molecular weight is 448 g/mol. The van der Waals surface area contributed by atoms with Crippen molar-refractivity contribution >= 4 is 40.1 Å². The van der Waals surface area contributed by atoms with E-state index in [4.69, 9.17) is 0 Å². The summed E-state index contributed by atoms with van der Waals surface area (Å²) in [7, 11) is 0. The van der Waals surface area contributed by atoms with Gasteiger partial charge in [-0.3, -0.25) is 14.5 Å². The number of aliphatic imine (C=N–C) groups is 1. The lowest BCUT2D eigenvalue weighted by molar-refractivity contribution is -0.129. The second-order valence-electron chi connectivity index (χ2n) is 7.32. The summed E-state index contributed by atoms with van der Waals surface area (Å²) >= 11 is 1.29. The fourth-order valence-electron chi connectivity index (χ4n) is 3.31. The van der Waals surface area contributed by atoms with Gasteiger partial charge < -0.3 is 5.32 Å². The van der Waals surface area contributed by atoms with Gasteiger partial charge in [-0.25, -0.2) is 9.38 Å². The van der Waals surface area contributed by atoms with E-state index in [-0.39, 0.29) is 24.1 Å². The maximum atomic E-state index is 13.2. The Labute approximate surface area is 190 Å². The molecule has 2 amide bonds. The number of anilines is 1. The van der Waals surface area contributed by atoms with Crippen LogP contribution in [0.2, 0.25) is 0 Å². The fourth-order valence-corrected chi connectivity index (χ4v) is 4.44. The number of amidine groups is 1. The number of amides is 2. The van der Waals surface area contributed by atoms with Gasteiger partial charge >= 0.3 is 0 Å². The molecule has 1 fully saturated rings. The Balaban J connectivity index is 1.53. The van der Waals surface area contributed by atoms with Gasteiger partial charge in [0.25, 0.3) is 0 Å². The van der Waals surface area contributed by atoms with Crippen molar-refractivity contribution in [1.29, 1.82) is 0 Å². The molecule has 0 aliphatic carbocycles. The van der Waals surface area contributed by atoms with E-state index in [1.165, 1.54) is 23.9 Å². The topological polar surface area (TPSA) is 61.8 Å². The van der Waals surface area contributed by atoms with Crippen LogP contribution in [0.25, 0.3) is 0 Å². The zero-order chi connectivity index (χ0) is 22.3. The van der Waals surface area contributed by atoms with Gasteiger partial charge in [0.2, 0.25) is 11.8 Å². The number of para-hydroxylation sites is 2. The summed E-state index contributed by atoms with van der Waals surface area (Å²) < 4.78 is 13.2. The molecule has 7 heteroatoms. The Morgan fingerprint density at radius 1 is 1.00 bits per heavy atom. The number of hydrogen-bond acceptors (Lipinski definition) is 4. The van der Waals surface area contributed by atoms with Crippen LogP contribution in [0.3, 0.4) is 0 Å². The summed E-state index contributed by atoms with van der Waals surface area (Å²) in [5.41, 5.74) is 2.32. The minimum absolute atomic E-state index is 0.0839. The molecule has 3 aromatic carbocycles. The Morgan fingerprint density at radius 3 is 2.34 bits per heavy atom. The molecule has 0 spiro atoms. The number of carbonyl (C=O) groups excluding carboxylic acids is 2. The maximum absolute atomic E-state index is 13.2. The number of benzene rings is 3. The van der Waals surface area contributed by atoms with Crippen LogP contribution in [-0.4, -0.2) is 33.7 Å². The third kappa shape index (κ3) is 5.62. The largest absolute Gasteiger partial charge is 0.325 e. The van der Waals surface area contributed by atoms with Gasteiger partial charge in [-0.05, 0) is 48.4 Å². The minimum Gasteiger partial charge on any atom is -0.325 e. The zero-order valence-corrected chi connectivity index (χ0v) is 18.1. The lowest BCUT2D eigenvalue weighted by Gasteiger charge is -2.32. The number of nitrogens with one attached hydrogen (secondary N) is 1. The van der Waals surface area contributed by atoms with E-state index >= 15 is 0 Å². The monoisotopic (exact) mass is 447 g/mol. The molecule has 1 saturated heterocycles. The molecule has 0 aromatic heterocycles. The predicted molar refractivity (Wildman–Crippen MR) is 126 cm³/mol. The number of halogens is 1. The molecule has 0 saturated carbocycles. The molecule has 1 heterocycles. The fraction of sp³-hybridized carbons (Fsp3) is 0.160. The van der Waals surface area contributed by atoms with E-state index in [0.29, 0.717) is 29.5 Å². The predicted octanol–water partition coefficient (Wildman–Crippen LogP) is 5.03. The molecule has 1 aliphatic rings. The third-order valence-corrected chi connectivity index (χ3v) is 6.18. The Hall–Kier alpha value is -3.45. The highest BCUT2D eigenvalue weighted by atomic mass is 32.2. The molecule has 5 nitrogen and oxygen atoms in total. The normalized spacial score (nSPS) is 17.4. The quantitative estimate of drug-likeness (QED) is 0.577. The first kappa shape index (κ1) is 21.8. The van der Waals surface area contributed by atoms with E-state index < -0.39 is 5.25 Å². The average Bonchev–Trinajstić information content (AvgIpc) is 2.81. The summed E-state index contributed by atoms with van der Waals surface area (Å²) in [6.07, 6.45) is 0.641. The smallest absolute Gasteiger partial charge is 0.238 e. The number of nitrogens with zero attached hydrogens (tertiary/aromatic N) is 2. The number of thioether (sulfide) groups is 1. The van der Waals surface area contributed by atoms with Gasteiger partial charge in [-0.15, -0.1) is 0 Å². The van der Waals surface area contributed by atoms with E-state index in [1.54, 1.807) is 29.2 Å². The summed E-state index contributed by atoms with van der Waals surface area (Å²) in [6, 6.07) is 24.7. The summed E-state index contributed by atoms with van der Waals surface area (Å²) in [5.74, 6) is -0.681. The van der Waals surface area contributed by atoms with Gasteiger partial charge in [0.15, 0.2) is 5.17 Å². The van der Waals surface area contributed by atoms with Crippen LogP contribution in [0.1, 0.15) is 12.0 Å². The highest BCUT2D eigenvalue weighted by molar-refractivity contribution is 8.15. The van der Waals surface area contributed by atoms with Crippen molar-refractivity contribution in [1.82, 2.24) is 4.90 Å². The van der Waals surface area contributed by atoms with Crippen molar-refractivity contribution in [2.45, 2.75) is 18.1 Å². The summed E-state index contributed by atoms with van der Waals surface area (Å²) in [5, 5.41) is 2.79. The Kier molecular flexibility index (Phi) is 6.97. The van der Waals surface area contributed by atoms with Crippen LogP contribution >= 0.6 is 11.8 Å². The molecule has 1 atom stereocenters. The summed E-state index contributed by atoms with van der Waals surface area (Å²) in [4.78, 5) is 32.1. The van der Waals surface area contributed by atoms with Crippen LogP contribution in [0.5, 0.6) is 0 Å². The molecule has 4 rings (SSSR count). The molecule has 1 N–H and O–H groups in total. The van der Waals surface area contributed by atoms with E-state index in [1.807, 2.05) is 48.5 Å². The van der Waals surface area contributed by atoms with Gasteiger partial charge in [0.05, 0.1) is 5.69 Å². The highest BCUT2D eigenvalue weighted by Crippen LogP contribution is 2.30. The number of carbonyl (C=O) groups is 2. The van der Waals surface area contributed by atoms with Crippen LogP contribution in [-0.2, 0) is 16.0 Å². The molecule has 1 aliphatic heterocycles. The molecule has 32 heavy (non-hydrogen) atoms. The molecule has 0 unspecified atom stereocenters. The summed E-state index contributed by atoms with van der Waals surface area (Å²) in [6.45, 7) is 0.399. The zero-order valence-electron chi connectivity index (χ0n) is 17.3. The first-order valence-electron chi connectivity index (χ1n) is 10.3. The van der Waals surface area contributed by atoms with Crippen molar-refractivity contribution < 1.29 is 14.0 Å². The van der Waals surface area contributed by atoms with Crippen molar-refractivity contribution in [2.75, 3.05) is 11.9 Å². The molecule has 162 valence electrons. The Bertz CT molecular complexity index is 1110. The highest BCUT2D eigenvalue weighted by Gasteiger charge is 2.35. The van der Waals surface area contributed by atoms with Crippen LogP contribution in [0.15, 0.2) is 89.9 Å². The second-order valence-corrected chi connectivity index (χ2v) is 8.49. The van der Waals surface area contributed by atoms with Crippen molar-refractivity contribution in [2.24, 2.45) is 4.99 Å². The van der Waals surface area contributed by atoms with Crippen molar-refractivity contribution in [3.05, 3.63) is 96.3 Å². The van der Waals surface area contributed by atoms with Gasteiger partial charge in [0.1, 0.15) is 11.1 Å². The maximum Gasteiger partial charge on any atom is 0.238 e. The molecule has 0 bridgehead atoms. The van der Waals surface area contributed by atoms with Crippen LogP contribution in [0.4, 0.5) is 15.8 Å². The number of hydrogen-bond donors (Lipinski definition) is 1. The SMILES string of the molecule is O=C(Nc1ccccc1)[C@H]1CC(=O)N(CCc2ccc(F)cc2)C(=Nc2ccccc2)S1. The molecular formula is C25H22FN3O2S. The third-order valence-electron chi connectivity index (χ3n) is 4.99. The van der Waals surface area contributed by atoms with Crippen LogP contribution in [0, 0.1) is 5.82 Å². The van der Waals surface area contributed by atoms with E-state index in [2.05, 4.69) is 10.3 Å². The van der Waals surface area contributed by atoms with Gasteiger partial charge in [0, 0.05) is 18.7 Å². The first-order chi connectivity index (χ1) is 15.6. The van der Waals surface area contributed by atoms with Crippen molar-refractivity contribution in [3.63, 3.8) is 0 Å². The Morgan fingerprint density at radius 2 is 1.66 bits per heavy atom. The van der Waals surface area contributed by atoms with Crippen LogP contribution < -0.4 is 5.32 Å². The molecule has 3 aromatic rings. The lowest BCUT2D eigenvalue weighted by atomic mass is 10.1. The van der Waals surface area contributed by atoms with E-state index in [0.717, 1.165) is 5.56 Å². The standard InChI is InChI=1S/C25H22FN3O2S/c26-19-13-11-18(12-14-19)15-16-29-23(30)17-22(24(31)27-20-7-3-1-4-8-20)32-25(29)28-21-9-5-2-6-10-21/h1-14,22H,15-17H2,(H,27,31)/t22-/m1/s1.